The molecule has 0 aliphatic rings. The van der Waals surface area contributed by atoms with Crippen molar-refractivity contribution in [2.75, 3.05) is 6.26 Å². The van der Waals surface area contributed by atoms with Crippen molar-refractivity contribution in [3.63, 3.8) is 0 Å². The van der Waals surface area contributed by atoms with E-state index in [-0.39, 0.29) is 10.8 Å². The summed E-state index contributed by atoms with van der Waals surface area (Å²) < 4.78 is 29.7. The van der Waals surface area contributed by atoms with E-state index in [1.807, 2.05) is 48.5 Å². The maximum absolute atomic E-state index is 13.8. The van der Waals surface area contributed by atoms with Gasteiger partial charge in [0.2, 0.25) is 0 Å². The van der Waals surface area contributed by atoms with E-state index in [4.69, 9.17) is 0 Å². The quantitative estimate of drug-likeness (QED) is 0.697. The number of hydrogen-bond donors (Lipinski definition) is 0. The number of hydrogen-bond acceptors (Lipinski definition) is 2. The van der Waals surface area contributed by atoms with Gasteiger partial charge in [0.15, 0.2) is 0 Å². The van der Waals surface area contributed by atoms with E-state index in [1.54, 1.807) is 0 Å². The van der Waals surface area contributed by atoms with Crippen molar-refractivity contribution in [1.82, 2.24) is 0 Å². The highest BCUT2D eigenvalue weighted by Gasteiger charge is 2.21. The monoisotopic (exact) mass is 391 g/mol. The summed E-state index contributed by atoms with van der Waals surface area (Å²) in [5.41, 5.74) is 2.34. The van der Waals surface area contributed by atoms with Gasteiger partial charge in [0, 0.05) is 6.26 Å². The van der Waals surface area contributed by atoms with Gasteiger partial charge in [-0.2, -0.15) is 0 Å². The summed E-state index contributed by atoms with van der Waals surface area (Å²) >= 11 is 0. The van der Waals surface area contributed by atoms with Crippen molar-refractivity contribution in [2.24, 2.45) is 3.77 Å². The predicted octanol–water partition coefficient (Wildman–Crippen LogP) is 5.46. The van der Waals surface area contributed by atoms with Gasteiger partial charge in [-0.25, -0.2) is 8.42 Å². The van der Waals surface area contributed by atoms with Crippen LogP contribution in [-0.4, -0.2) is 14.7 Å². The minimum absolute atomic E-state index is 0.0124. The van der Waals surface area contributed by atoms with Crippen LogP contribution < -0.4 is 0 Å². The second-order valence-electron chi connectivity index (χ2n) is 8.57. The van der Waals surface area contributed by atoms with Crippen LogP contribution in [-0.2, 0) is 31.5 Å². The molecule has 0 amide bonds. The van der Waals surface area contributed by atoms with Gasteiger partial charge in [-0.15, -0.1) is 3.77 Å². The van der Waals surface area contributed by atoms with Gasteiger partial charge < -0.3 is 0 Å². The topological polar surface area (TPSA) is 46.5 Å². The highest BCUT2D eigenvalue weighted by Crippen LogP contribution is 2.30. The third kappa shape index (κ3) is 4.63. The lowest BCUT2D eigenvalue weighted by atomic mass is 9.87. The first kappa shape index (κ1) is 20.8. The number of nitrogens with zero attached hydrogens (tertiary/aromatic N) is 1. The van der Waals surface area contributed by atoms with Crippen molar-refractivity contribution >= 4 is 20.7 Å². The molecule has 0 aromatic heterocycles. The fourth-order valence-electron chi connectivity index (χ4n) is 2.65. The van der Waals surface area contributed by atoms with Crippen LogP contribution in [0.1, 0.15) is 52.7 Å². The van der Waals surface area contributed by atoms with E-state index in [0.29, 0.717) is 9.79 Å². The number of benzene rings is 2. The molecule has 0 aliphatic heterocycles. The molecule has 26 heavy (non-hydrogen) atoms. The van der Waals surface area contributed by atoms with Gasteiger partial charge >= 0.3 is 0 Å². The van der Waals surface area contributed by atoms with E-state index in [9.17, 15) is 8.42 Å². The molecule has 0 fully saturated rings. The smallest absolute Gasteiger partial charge is 0.145 e. The molecule has 2 rings (SSSR count). The summed E-state index contributed by atoms with van der Waals surface area (Å²) in [4.78, 5) is 1.17. The van der Waals surface area contributed by atoms with E-state index in [2.05, 4.69) is 45.3 Å². The molecule has 0 radical (unpaired) electrons. The minimum atomic E-state index is -2.95. The van der Waals surface area contributed by atoms with E-state index >= 15 is 0 Å². The summed E-state index contributed by atoms with van der Waals surface area (Å²) in [6.45, 7) is 12.8. The maximum Gasteiger partial charge on any atom is 0.145 e. The highest BCUT2D eigenvalue weighted by molar-refractivity contribution is 8.00. The van der Waals surface area contributed by atoms with E-state index in [0.717, 1.165) is 11.1 Å². The lowest BCUT2D eigenvalue weighted by Crippen LogP contribution is -2.12. The normalized spacial score (nSPS) is 14.1. The zero-order valence-electron chi connectivity index (χ0n) is 16.7. The van der Waals surface area contributed by atoms with Gasteiger partial charge in [-0.3, -0.25) is 0 Å². The average molecular weight is 392 g/mol. The van der Waals surface area contributed by atoms with Crippen molar-refractivity contribution in [2.45, 2.75) is 62.2 Å². The molecule has 3 nitrogen and oxygen atoms in total. The third-order valence-electron chi connectivity index (χ3n) is 4.29. The minimum Gasteiger partial charge on any atom is -0.239 e. The Balaban J connectivity index is 2.60. The molecule has 5 heteroatoms. The summed E-state index contributed by atoms with van der Waals surface area (Å²) in [7, 11) is -4.48. The van der Waals surface area contributed by atoms with Gasteiger partial charge in [-0.1, -0.05) is 65.8 Å². The summed E-state index contributed by atoms with van der Waals surface area (Å²) in [6.07, 6.45) is 1.45. The second-order valence-corrected chi connectivity index (χ2v) is 12.0. The Morgan fingerprint density at radius 2 is 1.04 bits per heavy atom. The summed E-state index contributed by atoms with van der Waals surface area (Å²) in [6, 6.07) is 15.3. The van der Waals surface area contributed by atoms with Crippen LogP contribution in [0.4, 0.5) is 0 Å². The predicted molar refractivity (Wildman–Crippen MR) is 111 cm³/mol. The van der Waals surface area contributed by atoms with Crippen molar-refractivity contribution in [1.29, 1.82) is 0 Å². The molecule has 0 saturated heterocycles. The Morgan fingerprint density at radius 1 is 0.731 bits per heavy atom. The Kier molecular flexibility index (Phi) is 5.83. The largest absolute Gasteiger partial charge is 0.239 e. The van der Waals surface area contributed by atoms with Crippen LogP contribution in [0.2, 0.25) is 0 Å². The highest BCUT2D eigenvalue weighted by atomic mass is 32.3. The first-order valence-corrected chi connectivity index (χ1v) is 11.7. The molecule has 1 unspecified atom stereocenters. The molecule has 142 valence electrons. The molecule has 0 saturated carbocycles. The molecule has 0 bridgehead atoms. The van der Waals surface area contributed by atoms with Crippen LogP contribution in [0.5, 0.6) is 0 Å². The summed E-state index contributed by atoms with van der Waals surface area (Å²) in [5.74, 6) is 0. The molecular formula is C21H29NO2S2. The Morgan fingerprint density at radius 3 is 1.27 bits per heavy atom. The molecule has 2 aromatic rings. The SMILES string of the molecule is CS(=O)N=S(=O)(c1ccc(C(C)(C)C)cc1)c1ccc(C(C)(C)C)cc1. The van der Waals surface area contributed by atoms with Gasteiger partial charge in [0.05, 0.1) is 9.79 Å². The summed E-state index contributed by atoms with van der Waals surface area (Å²) in [5, 5.41) is 0. The standard InChI is InChI=1S/C21H29NO2S2/c1-20(2,3)16-8-12-18(13-9-16)26(24,22-25(7)23)19-14-10-17(11-15-19)21(4,5)6/h8-15H,1-7H3. The lowest BCUT2D eigenvalue weighted by molar-refractivity contribution is 0.589. The molecule has 1 atom stereocenters. The van der Waals surface area contributed by atoms with Gasteiger partial charge in [0.1, 0.15) is 20.7 Å². The lowest BCUT2D eigenvalue weighted by Gasteiger charge is -2.21. The molecule has 2 aromatic carbocycles. The number of rotatable bonds is 3. The molecular weight excluding hydrogens is 362 g/mol. The van der Waals surface area contributed by atoms with Crippen LogP contribution in [0.25, 0.3) is 0 Å². The van der Waals surface area contributed by atoms with E-state index in [1.165, 1.54) is 6.26 Å². The zero-order valence-corrected chi connectivity index (χ0v) is 18.3. The van der Waals surface area contributed by atoms with Gasteiger partial charge in [-0.05, 0) is 46.2 Å². The Bertz CT molecular complexity index is 843. The Hall–Kier alpha value is -1.46. The zero-order chi connectivity index (χ0) is 19.8. The van der Waals surface area contributed by atoms with Crippen LogP contribution in [0.3, 0.4) is 0 Å². The fraction of sp³-hybridized carbons (Fsp3) is 0.429. The van der Waals surface area contributed by atoms with Crippen LogP contribution in [0.15, 0.2) is 62.1 Å². The molecule has 0 N–H and O–H groups in total. The van der Waals surface area contributed by atoms with E-state index < -0.39 is 20.7 Å². The molecule has 0 aliphatic carbocycles. The average Bonchev–Trinajstić information content (AvgIpc) is 2.53. The van der Waals surface area contributed by atoms with Crippen molar-refractivity contribution < 1.29 is 8.42 Å². The fourth-order valence-corrected chi connectivity index (χ4v) is 5.80. The molecule has 0 spiro atoms. The third-order valence-corrected chi connectivity index (χ3v) is 7.79. The maximum atomic E-state index is 13.8. The van der Waals surface area contributed by atoms with Crippen molar-refractivity contribution in [3.8, 4) is 0 Å². The van der Waals surface area contributed by atoms with Crippen LogP contribution >= 0.6 is 0 Å². The molecule has 0 heterocycles. The Labute approximate surface area is 161 Å². The first-order valence-electron chi connectivity index (χ1n) is 8.66. The van der Waals surface area contributed by atoms with Gasteiger partial charge in [0.25, 0.3) is 0 Å². The van der Waals surface area contributed by atoms with Crippen LogP contribution in [0, 0.1) is 0 Å². The second kappa shape index (κ2) is 7.28. The first-order chi connectivity index (χ1) is 11.8. The van der Waals surface area contributed by atoms with Crippen molar-refractivity contribution in [3.05, 3.63) is 59.7 Å².